The predicted octanol–water partition coefficient (Wildman–Crippen LogP) is 3.85. The van der Waals surface area contributed by atoms with Gasteiger partial charge in [0.25, 0.3) is 5.91 Å². The van der Waals surface area contributed by atoms with E-state index in [4.69, 9.17) is 4.74 Å². The molecule has 0 bridgehead atoms. The Bertz CT molecular complexity index is 984. The monoisotopic (exact) mass is 376 g/mol. The third-order valence-corrected chi connectivity index (χ3v) is 4.49. The lowest BCUT2D eigenvalue weighted by Crippen LogP contribution is -2.38. The van der Waals surface area contributed by atoms with E-state index in [0.29, 0.717) is 17.9 Å². The number of fused-ring (bicyclic) bond motifs is 1. The normalized spacial score (nSPS) is 11.6. The summed E-state index contributed by atoms with van der Waals surface area (Å²) in [6.07, 6.45) is 0. The average molecular weight is 376 g/mol. The van der Waals surface area contributed by atoms with E-state index in [1.54, 1.807) is 24.3 Å². The summed E-state index contributed by atoms with van der Waals surface area (Å²) in [5, 5.41) is 7.86. The van der Waals surface area contributed by atoms with Crippen molar-refractivity contribution in [1.29, 1.82) is 0 Å². The van der Waals surface area contributed by atoms with Gasteiger partial charge in [-0.3, -0.25) is 9.59 Å². The minimum Gasteiger partial charge on any atom is -0.493 e. The number of para-hydroxylation sites is 1. The van der Waals surface area contributed by atoms with Crippen LogP contribution in [0.3, 0.4) is 0 Å². The summed E-state index contributed by atoms with van der Waals surface area (Å²) >= 11 is 0. The van der Waals surface area contributed by atoms with Crippen LogP contribution in [0.4, 0.5) is 0 Å². The van der Waals surface area contributed by atoms with Crippen molar-refractivity contribution in [2.45, 2.75) is 19.9 Å². The Balaban J connectivity index is 1.58. The molecule has 0 aliphatic rings. The standard InChI is InChI=1S/C23H24N2O3/c1-3-28-21-11-7-6-10-20(21)23(27)24-15-22(26)25-16(2)18-13-12-17-8-4-5-9-19(17)14-18/h4-14,16H,3,15H2,1-2H3,(H,24,27)(H,25,26)/t16-/m0/s1. The highest BCUT2D eigenvalue weighted by molar-refractivity contribution is 5.98. The molecule has 1 atom stereocenters. The number of rotatable bonds is 7. The Morgan fingerprint density at radius 1 is 0.964 bits per heavy atom. The number of nitrogens with one attached hydrogen (secondary N) is 2. The minimum atomic E-state index is -0.336. The zero-order valence-electron chi connectivity index (χ0n) is 16.1. The average Bonchev–Trinajstić information content (AvgIpc) is 2.72. The molecule has 0 radical (unpaired) electrons. The second kappa shape index (κ2) is 9.04. The van der Waals surface area contributed by atoms with Gasteiger partial charge in [0.2, 0.25) is 5.91 Å². The van der Waals surface area contributed by atoms with Gasteiger partial charge in [-0.05, 0) is 48.4 Å². The van der Waals surface area contributed by atoms with Crippen molar-refractivity contribution in [3.63, 3.8) is 0 Å². The van der Waals surface area contributed by atoms with Crippen LogP contribution in [0.15, 0.2) is 66.7 Å². The lowest BCUT2D eigenvalue weighted by Gasteiger charge is -2.16. The van der Waals surface area contributed by atoms with E-state index in [1.165, 1.54) is 0 Å². The van der Waals surface area contributed by atoms with Crippen molar-refractivity contribution in [2.75, 3.05) is 13.2 Å². The second-order valence-corrected chi connectivity index (χ2v) is 6.51. The topological polar surface area (TPSA) is 67.4 Å². The van der Waals surface area contributed by atoms with Crippen LogP contribution in [0.5, 0.6) is 5.75 Å². The fraction of sp³-hybridized carbons (Fsp3) is 0.217. The molecule has 3 aromatic rings. The van der Waals surface area contributed by atoms with Gasteiger partial charge in [0.05, 0.1) is 24.8 Å². The molecule has 2 N–H and O–H groups in total. The first-order valence-electron chi connectivity index (χ1n) is 9.36. The van der Waals surface area contributed by atoms with Gasteiger partial charge in [0.15, 0.2) is 0 Å². The van der Waals surface area contributed by atoms with Gasteiger partial charge < -0.3 is 15.4 Å². The molecule has 0 fully saturated rings. The number of hydrogen-bond acceptors (Lipinski definition) is 3. The molecule has 5 heteroatoms. The number of ether oxygens (including phenoxy) is 1. The van der Waals surface area contributed by atoms with Crippen LogP contribution in [0.1, 0.15) is 35.8 Å². The molecule has 5 nitrogen and oxygen atoms in total. The van der Waals surface area contributed by atoms with Gasteiger partial charge in [-0.15, -0.1) is 0 Å². The molecule has 3 aromatic carbocycles. The molecule has 0 aliphatic heterocycles. The van der Waals surface area contributed by atoms with Crippen LogP contribution in [0.2, 0.25) is 0 Å². The number of hydrogen-bond donors (Lipinski definition) is 2. The van der Waals surface area contributed by atoms with Crippen LogP contribution < -0.4 is 15.4 Å². The first-order chi connectivity index (χ1) is 13.6. The Kier molecular flexibility index (Phi) is 6.27. The van der Waals surface area contributed by atoms with E-state index < -0.39 is 0 Å². The van der Waals surface area contributed by atoms with E-state index >= 15 is 0 Å². The van der Waals surface area contributed by atoms with Gasteiger partial charge in [-0.25, -0.2) is 0 Å². The molecule has 0 saturated heterocycles. The largest absolute Gasteiger partial charge is 0.493 e. The maximum atomic E-state index is 12.4. The Hall–Kier alpha value is -3.34. The van der Waals surface area contributed by atoms with Gasteiger partial charge in [-0.1, -0.05) is 48.5 Å². The molecule has 144 valence electrons. The Morgan fingerprint density at radius 3 is 2.46 bits per heavy atom. The van der Waals surface area contributed by atoms with E-state index in [2.05, 4.69) is 22.8 Å². The minimum absolute atomic E-state index is 0.1000. The van der Waals surface area contributed by atoms with Crippen LogP contribution in [0, 0.1) is 0 Å². The van der Waals surface area contributed by atoms with E-state index in [1.807, 2.05) is 44.2 Å². The summed E-state index contributed by atoms with van der Waals surface area (Å²) in [6, 6.07) is 21.0. The fourth-order valence-electron chi connectivity index (χ4n) is 3.04. The molecular weight excluding hydrogens is 352 g/mol. The molecular formula is C23H24N2O3. The molecule has 3 rings (SSSR count). The van der Waals surface area contributed by atoms with Gasteiger partial charge in [0, 0.05) is 0 Å². The first kappa shape index (κ1) is 19.4. The number of amides is 2. The van der Waals surface area contributed by atoms with Crippen LogP contribution in [-0.2, 0) is 4.79 Å². The van der Waals surface area contributed by atoms with Crippen molar-refractivity contribution in [2.24, 2.45) is 0 Å². The summed E-state index contributed by atoms with van der Waals surface area (Å²) in [7, 11) is 0. The maximum Gasteiger partial charge on any atom is 0.255 e. The molecule has 0 aliphatic carbocycles. The highest BCUT2D eigenvalue weighted by atomic mass is 16.5. The van der Waals surface area contributed by atoms with Crippen LogP contribution in [0.25, 0.3) is 10.8 Å². The smallest absolute Gasteiger partial charge is 0.255 e. The van der Waals surface area contributed by atoms with E-state index in [9.17, 15) is 9.59 Å². The highest BCUT2D eigenvalue weighted by Crippen LogP contribution is 2.20. The summed E-state index contributed by atoms with van der Waals surface area (Å²) in [6.45, 7) is 4.15. The number of carbonyl (C=O) groups excluding carboxylic acids is 2. The third-order valence-electron chi connectivity index (χ3n) is 4.49. The summed E-state index contributed by atoms with van der Waals surface area (Å²) in [5.41, 5.74) is 1.43. The molecule has 2 amide bonds. The molecule has 0 aromatic heterocycles. The van der Waals surface area contributed by atoms with Gasteiger partial charge in [-0.2, -0.15) is 0 Å². The van der Waals surface area contributed by atoms with Crippen molar-refractivity contribution in [3.8, 4) is 5.75 Å². The predicted molar refractivity (Wildman–Crippen MR) is 110 cm³/mol. The van der Waals surface area contributed by atoms with Gasteiger partial charge >= 0.3 is 0 Å². The van der Waals surface area contributed by atoms with Crippen molar-refractivity contribution < 1.29 is 14.3 Å². The molecule has 0 heterocycles. The van der Waals surface area contributed by atoms with Crippen molar-refractivity contribution >= 4 is 22.6 Å². The SMILES string of the molecule is CCOc1ccccc1C(=O)NCC(=O)N[C@@H](C)c1ccc2ccccc2c1. The van der Waals surface area contributed by atoms with E-state index in [0.717, 1.165) is 16.3 Å². The lowest BCUT2D eigenvalue weighted by atomic mass is 10.0. The van der Waals surface area contributed by atoms with Crippen molar-refractivity contribution in [1.82, 2.24) is 10.6 Å². The Labute approximate surface area is 164 Å². The number of benzene rings is 3. The Morgan fingerprint density at radius 2 is 1.68 bits per heavy atom. The third kappa shape index (κ3) is 4.68. The summed E-state index contributed by atoms with van der Waals surface area (Å²) in [4.78, 5) is 24.7. The zero-order valence-corrected chi connectivity index (χ0v) is 16.1. The summed E-state index contributed by atoms with van der Waals surface area (Å²) in [5.74, 6) is -0.0760. The zero-order chi connectivity index (χ0) is 19.9. The summed E-state index contributed by atoms with van der Waals surface area (Å²) < 4.78 is 5.46. The second-order valence-electron chi connectivity index (χ2n) is 6.51. The highest BCUT2D eigenvalue weighted by Gasteiger charge is 2.14. The van der Waals surface area contributed by atoms with Crippen LogP contribution >= 0.6 is 0 Å². The molecule has 0 unspecified atom stereocenters. The lowest BCUT2D eigenvalue weighted by molar-refractivity contribution is -0.120. The van der Waals surface area contributed by atoms with Crippen molar-refractivity contribution in [3.05, 3.63) is 77.9 Å². The maximum absolute atomic E-state index is 12.4. The number of carbonyl (C=O) groups is 2. The molecule has 0 saturated carbocycles. The fourth-order valence-corrected chi connectivity index (χ4v) is 3.04. The van der Waals surface area contributed by atoms with Gasteiger partial charge in [0.1, 0.15) is 5.75 Å². The quantitative estimate of drug-likeness (QED) is 0.658. The van der Waals surface area contributed by atoms with E-state index in [-0.39, 0.29) is 24.4 Å². The van der Waals surface area contributed by atoms with Crippen LogP contribution in [-0.4, -0.2) is 25.0 Å². The molecule has 28 heavy (non-hydrogen) atoms. The molecule has 0 spiro atoms. The first-order valence-corrected chi connectivity index (χ1v) is 9.36.